The third kappa shape index (κ3) is 3.55. The van der Waals surface area contributed by atoms with Gasteiger partial charge >= 0.3 is 0 Å². The molecule has 0 saturated carbocycles. The Morgan fingerprint density at radius 1 is 1.35 bits per heavy atom. The summed E-state index contributed by atoms with van der Waals surface area (Å²) in [6.45, 7) is 0.381. The van der Waals surface area contributed by atoms with Crippen molar-refractivity contribution >= 4 is 21.5 Å². The van der Waals surface area contributed by atoms with Crippen molar-refractivity contribution in [3.63, 3.8) is 0 Å². The molecule has 178 valence electrons. The number of aliphatic imine (C=N–C) groups is 1. The molecule has 7 nitrogen and oxygen atoms in total. The first-order valence-corrected chi connectivity index (χ1v) is 12.1. The van der Waals surface area contributed by atoms with E-state index in [0.717, 1.165) is 6.07 Å². The maximum Gasteiger partial charge on any atom is 0.185 e. The number of aromatic nitrogens is 1. The standard InChI is InChI=1S/C24H23F2N3O4S/c1-3-10-33-16-5-7-19(28-13-16)20(30)12-15-4-6-18(26)17(11-15)23(2)21-8-9-24(14-25,22(27)29-23)34(21,31)32/h1,4-7,11,13,21H,8-10,12,14H2,2H3,(H2,27,29)/t21-,23+,24-/m0/s1. The van der Waals surface area contributed by atoms with E-state index in [-0.39, 0.29) is 48.7 Å². The molecule has 34 heavy (non-hydrogen) atoms. The fourth-order valence-corrected chi connectivity index (χ4v) is 7.41. The van der Waals surface area contributed by atoms with Crippen LogP contribution in [0.2, 0.25) is 0 Å². The quantitative estimate of drug-likeness (QED) is 0.475. The van der Waals surface area contributed by atoms with Crippen molar-refractivity contribution in [2.24, 2.45) is 10.7 Å². The summed E-state index contributed by atoms with van der Waals surface area (Å²) in [5.41, 5.74) is 5.04. The summed E-state index contributed by atoms with van der Waals surface area (Å²) in [5, 5.41) is -1.12. The zero-order chi connectivity index (χ0) is 24.7. The molecule has 10 heteroatoms. The van der Waals surface area contributed by atoms with E-state index in [1.165, 1.54) is 31.3 Å². The van der Waals surface area contributed by atoms with Crippen molar-refractivity contribution in [3.8, 4) is 18.1 Å². The summed E-state index contributed by atoms with van der Waals surface area (Å²) in [4.78, 5) is 21.1. The molecule has 3 heterocycles. The van der Waals surface area contributed by atoms with Gasteiger partial charge in [-0.1, -0.05) is 12.0 Å². The van der Waals surface area contributed by atoms with E-state index in [0.29, 0.717) is 11.3 Å². The van der Waals surface area contributed by atoms with Crippen LogP contribution in [0.4, 0.5) is 8.78 Å². The van der Waals surface area contributed by atoms with Crippen LogP contribution in [0.25, 0.3) is 0 Å². The topological polar surface area (TPSA) is 112 Å². The molecule has 0 spiro atoms. The number of amidine groups is 1. The highest BCUT2D eigenvalue weighted by atomic mass is 32.2. The zero-order valence-electron chi connectivity index (χ0n) is 18.4. The molecular weight excluding hydrogens is 464 g/mol. The number of sulfone groups is 1. The summed E-state index contributed by atoms with van der Waals surface area (Å²) >= 11 is 0. The number of halogens is 2. The third-order valence-electron chi connectivity index (χ3n) is 6.68. The van der Waals surface area contributed by atoms with E-state index < -0.39 is 37.9 Å². The first-order valence-electron chi connectivity index (χ1n) is 10.6. The normalized spacial score (nSPS) is 27.0. The van der Waals surface area contributed by atoms with Gasteiger partial charge in [0, 0.05) is 12.0 Å². The van der Waals surface area contributed by atoms with Crippen LogP contribution in [0.1, 0.15) is 41.4 Å². The smallest absolute Gasteiger partial charge is 0.185 e. The molecule has 2 bridgehead atoms. The highest BCUT2D eigenvalue weighted by Crippen LogP contribution is 2.51. The number of terminal acetylenes is 1. The van der Waals surface area contributed by atoms with Gasteiger partial charge in [0.15, 0.2) is 20.4 Å². The van der Waals surface area contributed by atoms with Crippen LogP contribution in [-0.4, -0.2) is 48.3 Å². The monoisotopic (exact) mass is 487 g/mol. The van der Waals surface area contributed by atoms with Gasteiger partial charge in [0.05, 0.1) is 11.4 Å². The van der Waals surface area contributed by atoms with Crippen molar-refractivity contribution < 1.29 is 26.7 Å². The number of pyridine rings is 1. The summed E-state index contributed by atoms with van der Waals surface area (Å²) in [7, 11) is -4.05. The summed E-state index contributed by atoms with van der Waals surface area (Å²) < 4.78 is 58.5. The molecule has 1 saturated heterocycles. The van der Waals surface area contributed by atoms with Crippen molar-refractivity contribution in [2.45, 2.75) is 41.7 Å². The van der Waals surface area contributed by atoms with Gasteiger partial charge in [0.1, 0.15) is 41.9 Å². The summed E-state index contributed by atoms with van der Waals surface area (Å²) in [5.74, 6) is 1.39. The molecule has 0 amide bonds. The molecule has 4 rings (SSSR count). The van der Waals surface area contributed by atoms with Crippen LogP contribution in [0, 0.1) is 18.2 Å². The lowest BCUT2D eigenvalue weighted by molar-refractivity contribution is 0.0988. The molecule has 3 atom stereocenters. The van der Waals surface area contributed by atoms with Gasteiger partial charge in [-0.25, -0.2) is 22.2 Å². The Morgan fingerprint density at radius 2 is 2.12 bits per heavy atom. The molecule has 0 radical (unpaired) electrons. The number of hydrogen-bond donors (Lipinski definition) is 1. The number of ether oxygens (including phenoxy) is 1. The average Bonchev–Trinajstić information content (AvgIpc) is 3.02. The minimum atomic E-state index is -4.05. The van der Waals surface area contributed by atoms with E-state index >= 15 is 0 Å². The number of alkyl halides is 1. The van der Waals surface area contributed by atoms with Crippen molar-refractivity contribution in [1.82, 2.24) is 4.98 Å². The average molecular weight is 488 g/mol. The highest BCUT2D eigenvalue weighted by Gasteiger charge is 2.65. The number of rotatable bonds is 7. The number of Topliss-reactive ketones (excluding diaryl/α,β-unsaturated/α-hetero) is 1. The van der Waals surface area contributed by atoms with Gasteiger partial charge in [0.25, 0.3) is 0 Å². The molecule has 2 aromatic rings. The highest BCUT2D eigenvalue weighted by molar-refractivity contribution is 7.94. The lowest BCUT2D eigenvalue weighted by Gasteiger charge is -2.39. The lowest BCUT2D eigenvalue weighted by Crippen LogP contribution is -2.58. The minimum Gasteiger partial charge on any atom is -0.479 e. The number of nitrogens with zero attached hydrogens (tertiary/aromatic N) is 2. The fourth-order valence-electron chi connectivity index (χ4n) is 4.76. The Balaban J connectivity index is 1.65. The number of benzene rings is 1. The number of nitrogens with two attached hydrogens (primary N) is 1. The summed E-state index contributed by atoms with van der Waals surface area (Å²) in [6.07, 6.45) is 6.51. The molecule has 0 unspecified atom stereocenters. The molecule has 2 N–H and O–H groups in total. The van der Waals surface area contributed by atoms with Gasteiger partial charge in [-0.15, -0.1) is 6.42 Å². The molecule has 1 fully saturated rings. The van der Waals surface area contributed by atoms with E-state index in [2.05, 4.69) is 15.9 Å². The predicted octanol–water partition coefficient (Wildman–Crippen LogP) is 2.53. The van der Waals surface area contributed by atoms with Gasteiger partial charge in [-0.3, -0.25) is 9.79 Å². The summed E-state index contributed by atoms with van der Waals surface area (Å²) in [6, 6.07) is 7.09. The first-order chi connectivity index (χ1) is 16.1. The third-order valence-corrected chi connectivity index (χ3v) is 9.73. The second-order valence-electron chi connectivity index (χ2n) is 8.63. The van der Waals surface area contributed by atoms with Crippen molar-refractivity contribution in [2.75, 3.05) is 13.3 Å². The van der Waals surface area contributed by atoms with Crippen LogP contribution < -0.4 is 10.5 Å². The van der Waals surface area contributed by atoms with Crippen molar-refractivity contribution in [3.05, 3.63) is 59.2 Å². The number of carbonyl (C=O) groups is 1. The van der Waals surface area contributed by atoms with Gasteiger partial charge in [-0.05, 0) is 49.6 Å². The van der Waals surface area contributed by atoms with Gasteiger partial charge < -0.3 is 10.5 Å². The Hall–Kier alpha value is -3.32. The molecular formula is C24H23F2N3O4S. The number of fused-ring (bicyclic) bond motifs is 2. The van der Waals surface area contributed by atoms with Crippen LogP contribution >= 0.6 is 0 Å². The Morgan fingerprint density at radius 3 is 2.76 bits per heavy atom. The second kappa shape index (κ2) is 8.47. The van der Waals surface area contributed by atoms with E-state index in [4.69, 9.17) is 16.9 Å². The van der Waals surface area contributed by atoms with Crippen LogP contribution in [0.15, 0.2) is 41.5 Å². The Bertz CT molecular complexity index is 1320. The molecule has 0 aliphatic carbocycles. The maximum atomic E-state index is 15.0. The van der Waals surface area contributed by atoms with E-state index in [1.54, 1.807) is 6.07 Å². The van der Waals surface area contributed by atoms with Crippen LogP contribution in [0.5, 0.6) is 5.75 Å². The van der Waals surface area contributed by atoms with Crippen molar-refractivity contribution in [1.29, 1.82) is 0 Å². The van der Waals surface area contributed by atoms with Gasteiger partial charge in [0.2, 0.25) is 0 Å². The molecule has 2 aliphatic rings. The minimum absolute atomic E-state index is 0.00493. The SMILES string of the molecule is C#CCOc1ccc(C(=O)Cc2ccc(F)c([C@@]3(C)N=C(N)[C@@]4(CF)CC[C@@H]3S4(=O)=O)c2)nc1. The number of ketones is 1. The predicted molar refractivity (Wildman–Crippen MR) is 123 cm³/mol. The second-order valence-corrected chi connectivity index (χ2v) is 11.1. The fraction of sp³-hybridized carbons (Fsp3) is 0.375. The Kier molecular flexibility index (Phi) is 5.94. The molecule has 1 aromatic carbocycles. The number of hydrogen-bond acceptors (Lipinski definition) is 7. The largest absolute Gasteiger partial charge is 0.479 e. The van der Waals surface area contributed by atoms with E-state index in [1.807, 2.05) is 0 Å². The van der Waals surface area contributed by atoms with Gasteiger partial charge in [-0.2, -0.15) is 0 Å². The Labute approximate surface area is 196 Å². The number of carbonyl (C=O) groups excluding carboxylic acids is 1. The molecule has 2 aliphatic heterocycles. The molecule has 1 aromatic heterocycles. The lowest BCUT2D eigenvalue weighted by atomic mass is 9.85. The van der Waals surface area contributed by atoms with Crippen LogP contribution in [-0.2, 0) is 21.8 Å². The first kappa shape index (κ1) is 23.8. The van der Waals surface area contributed by atoms with E-state index in [9.17, 15) is 22.0 Å². The zero-order valence-corrected chi connectivity index (χ0v) is 19.2. The van der Waals surface area contributed by atoms with Crippen LogP contribution in [0.3, 0.4) is 0 Å². The maximum absolute atomic E-state index is 15.0.